The summed E-state index contributed by atoms with van der Waals surface area (Å²) in [5.41, 5.74) is 1.31. The van der Waals surface area contributed by atoms with Crippen LogP contribution in [0.15, 0.2) is 36.7 Å². The van der Waals surface area contributed by atoms with Crippen molar-refractivity contribution >= 4 is 0 Å². The Bertz CT molecular complexity index is 511. The van der Waals surface area contributed by atoms with Crippen molar-refractivity contribution in [3.05, 3.63) is 48.0 Å². The average Bonchev–Trinajstić information content (AvgIpc) is 2.33. The summed E-state index contributed by atoms with van der Waals surface area (Å²) in [5.74, 6) is 1.24. The first kappa shape index (κ1) is 10.1. The normalized spacial score (nSPS) is 9.50. The van der Waals surface area contributed by atoms with Crippen LogP contribution in [0.1, 0.15) is 11.4 Å². The summed E-state index contributed by atoms with van der Waals surface area (Å²) in [5, 5.41) is 8.59. The Morgan fingerprint density at radius 1 is 1.06 bits per heavy atom. The number of ether oxygens (including phenoxy) is 1. The van der Waals surface area contributed by atoms with E-state index in [0.29, 0.717) is 17.2 Å². The van der Waals surface area contributed by atoms with E-state index in [9.17, 15) is 0 Å². The Kier molecular flexibility index (Phi) is 2.79. The molecule has 0 aliphatic carbocycles. The molecular weight excluding hydrogens is 202 g/mol. The molecular formula is C12H9N3O. The zero-order valence-electron chi connectivity index (χ0n) is 8.71. The number of pyridine rings is 2. The number of hydrogen-bond acceptors (Lipinski definition) is 4. The molecule has 0 amide bonds. The molecule has 0 radical (unpaired) electrons. The minimum Gasteiger partial charge on any atom is -0.454 e. The van der Waals surface area contributed by atoms with Crippen LogP contribution in [0, 0.1) is 18.3 Å². The molecule has 0 aliphatic rings. The van der Waals surface area contributed by atoms with Crippen molar-refractivity contribution in [3.63, 3.8) is 0 Å². The van der Waals surface area contributed by atoms with Crippen molar-refractivity contribution in [1.82, 2.24) is 9.97 Å². The predicted molar refractivity (Wildman–Crippen MR) is 58.0 cm³/mol. The first-order valence-electron chi connectivity index (χ1n) is 4.74. The summed E-state index contributed by atoms with van der Waals surface area (Å²) in [6.45, 7) is 1.91. The molecule has 4 nitrogen and oxygen atoms in total. The lowest BCUT2D eigenvalue weighted by Gasteiger charge is -2.04. The Morgan fingerprint density at radius 2 is 1.75 bits per heavy atom. The van der Waals surface area contributed by atoms with Crippen LogP contribution in [0.2, 0.25) is 0 Å². The highest BCUT2D eigenvalue weighted by molar-refractivity contribution is 5.31. The van der Waals surface area contributed by atoms with Gasteiger partial charge in [0.05, 0.1) is 12.4 Å². The van der Waals surface area contributed by atoms with Crippen molar-refractivity contribution in [2.45, 2.75) is 6.92 Å². The summed E-state index contributed by atoms with van der Waals surface area (Å²) in [6, 6.07) is 8.96. The Labute approximate surface area is 93.2 Å². The summed E-state index contributed by atoms with van der Waals surface area (Å²) < 4.78 is 5.50. The van der Waals surface area contributed by atoms with Crippen molar-refractivity contribution in [3.8, 4) is 17.6 Å². The number of aryl methyl sites for hydroxylation is 1. The van der Waals surface area contributed by atoms with Gasteiger partial charge in [-0.25, -0.2) is 4.98 Å². The van der Waals surface area contributed by atoms with Crippen LogP contribution in [0.25, 0.3) is 0 Å². The van der Waals surface area contributed by atoms with E-state index < -0.39 is 0 Å². The van der Waals surface area contributed by atoms with Gasteiger partial charge < -0.3 is 4.74 Å². The van der Waals surface area contributed by atoms with E-state index in [1.165, 1.54) is 6.20 Å². The van der Waals surface area contributed by atoms with Crippen LogP contribution >= 0.6 is 0 Å². The lowest BCUT2D eigenvalue weighted by Crippen LogP contribution is -1.88. The van der Waals surface area contributed by atoms with Gasteiger partial charge in [0.1, 0.15) is 23.3 Å². The second kappa shape index (κ2) is 4.41. The van der Waals surface area contributed by atoms with E-state index in [-0.39, 0.29) is 0 Å². The Hall–Kier alpha value is -2.41. The van der Waals surface area contributed by atoms with Gasteiger partial charge in [0.15, 0.2) is 0 Å². The van der Waals surface area contributed by atoms with E-state index in [2.05, 4.69) is 9.97 Å². The molecule has 4 heteroatoms. The van der Waals surface area contributed by atoms with Gasteiger partial charge in [-0.2, -0.15) is 5.26 Å². The first-order valence-corrected chi connectivity index (χ1v) is 4.74. The van der Waals surface area contributed by atoms with Crippen LogP contribution in [0.5, 0.6) is 11.5 Å². The molecule has 2 aromatic heterocycles. The molecule has 0 aromatic carbocycles. The fraction of sp³-hybridized carbons (Fsp3) is 0.0833. The zero-order chi connectivity index (χ0) is 11.4. The maximum absolute atomic E-state index is 8.59. The molecule has 78 valence electrons. The maximum atomic E-state index is 8.59. The van der Waals surface area contributed by atoms with Crippen molar-refractivity contribution in [1.29, 1.82) is 5.26 Å². The molecule has 0 atom stereocenters. The standard InChI is InChI=1S/C12H9N3O/c1-9-2-4-11(7-14-9)16-12-5-3-10(6-13)15-8-12/h2-5,7-8H,1H3. The lowest BCUT2D eigenvalue weighted by molar-refractivity contribution is 0.477. The maximum Gasteiger partial charge on any atom is 0.145 e. The molecule has 2 heterocycles. The molecule has 0 aliphatic heterocycles. The Morgan fingerprint density at radius 3 is 2.25 bits per heavy atom. The second-order valence-corrected chi connectivity index (χ2v) is 3.23. The molecule has 0 spiro atoms. The predicted octanol–water partition coefficient (Wildman–Crippen LogP) is 2.45. The highest BCUT2D eigenvalue weighted by atomic mass is 16.5. The third-order valence-electron chi connectivity index (χ3n) is 1.97. The Balaban J connectivity index is 2.15. The highest BCUT2D eigenvalue weighted by Crippen LogP contribution is 2.19. The second-order valence-electron chi connectivity index (χ2n) is 3.23. The zero-order valence-corrected chi connectivity index (χ0v) is 8.71. The first-order chi connectivity index (χ1) is 7.78. The molecule has 0 unspecified atom stereocenters. The summed E-state index contributed by atoms with van der Waals surface area (Å²) in [4.78, 5) is 8.02. The quantitative estimate of drug-likeness (QED) is 0.765. The van der Waals surface area contributed by atoms with Crippen LogP contribution in [-0.4, -0.2) is 9.97 Å². The number of hydrogen-bond donors (Lipinski definition) is 0. The average molecular weight is 211 g/mol. The van der Waals surface area contributed by atoms with Gasteiger partial charge in [-0.05, 0) is 31.2 Å². The molecule has 0 N–H and O–H groups in total. The SMILES string of the molecule is Cc1ccc(Oc2ccc(C#N)nc2)cn1. The van der Waals surface area contributed by atoms with E-state index in [1.54, 1.807) is 18.3 Å². The summed E-state index contributed by atoms with van der Waals surface area (Å²) in [7, 11) is 0. The minimum atomic E-state index is 0.370. The largest absolute Gasteiger partial charge is 0.454 e. The van der Waals surface area contributed by atoms with Crippen LogP contribution in [0.3, 0.4) is 0 Å². The third kappa shape index (κ3) is 2.34. The van der Waals surface area contributed by atoms with Crippen LogP contribution < -0.4 is 4.74 Å². The number of nitriles is 1. The van der Waals surface area contributed by atoms with Gasteiger partial charge in [0.2, 0.25) is 0 Å². The highest BCUT2D eigenvalue weighted by Gasteiger charge is 1.98. The molecule has 16 heavy (non-hydrogen) atoms. The molecule has 0 saturated heterocycles. The monoisotopic (exact) mass is 211 g/mol. The number of aromatic nitrogens is 2. The molecule has 2 aromatic rings. The van der Waals surface area contributed by atoms with E-state index in [0.717, 1.165) is 5.69 Å². The van der Waals surface area contributed by atoms with Gasteiger partial charge in [0, 0.05) is 5.69 Å². The van der Waals surface area contributed by atoms with Gasteiger partial charge in [-0.1, -0.05) is 0 Å². The van der Waals surface area contributed by atoms with E-state index >= 15 is 0 Å². The van der Waals surface area contributed by atoms with Gasteiger partial charge in [-0.15, -0.1) is 0 Å². The minimum absolute atomic E-state index is 0.370. The molecule has 0 saturated carbocycles. The third-order valence-corrected chi connectivity index (χ3v) is 1.97. The topological polar surface area (TPSA) is 58.8 Å². The van der Waals surface area contributed by atoms with Crippen molar-refractivity contribution in [2.75, 3.05) is 0 Å². The molecule has 2 rings (SSSR count). The van der Waals surface area contributed by atoms with Crippen LogP contribution in [0.4, 0.5) is 0 Å². The number of nitrogens with zero attached hydrogens (tertiary/aromatic N) is 3. The van der Waals surface area contributed by atoms with E-state index in [1.807, 2.05) is 25.1 Å². The fourth-order valence-corrected chi connectivity index (χ4v) is 1.16. The lowest BCUT2D eigenvalue weighted by atomic mass is 10.3. The van der Waals surface area contributed by atoms with Crippen LogP contribution in [-0.2, 0) is 0 Å². The summed E-state index contributed by atoms with van der Waals surface area (Å²) in [6.07, 6.45) is 3.16. The van der Waals surface area contributed by atoms with E-state index in [4.69, 9.17) is 10.00 Å². The van der Waals surface area contributed by atoms with Gasteiger partial charge >= 0.3 is 0 Å². The van der Waals surface area contributed by atoms with Crippen molar-refractivity contribution in [2.24, 2.45) is 0 Å². The van der Waals surface area contributed by atoms with Crippen molar-refractivity contribution < 1.29 is 4.74 Å². The molecule has 0 bridgehead atoms. The summed E-state index contributed by atoms with van der Waals surface area (Å²) >= 11 is 0. The fourth-order valence-electron chi connectivity index (χ4n) is 1.16. The van der Waals surface area contributed by atoms with Gasteiger partial charge in [-0.3, -0.25) is 4.98 Å². The molecule has 0 fully saturated rings. The van der Waals surface area contributed by atoms with Gasteiger partial charge in [0.25, 0.3) is 0 Å². The number of rotatable bonds is 2. The smallest absolute Gasteiger partial charge is 0.145 e.